The highest BCUT2D eigenvalue weighted by Crippen LogP contribution is 2.21. The molecular formula is C20H24N4. The van der Waals surface area contributed by atoms with Crippen molar-refractivity contribution in [3.05, 3.63) is 78.6 Å². The first-order chi connectivity index (χ1) is 11.7. The van der Waals surface area contributed by atoms with Crippen LogP contribution in [-0.2, 0) is 6.54 Å². The largest absolute Gasteiger partial charge is 0.306 e. The zero-order chi connectivity index (χ0) is 16.8. The van der Waals surface area contributed by atoms with Gasteiger partial charge in [-0.25, -0.2) is 4.98 Å². The Kier molecular flexibility index (Phi) is 5.39. The lowest BCUT2D eigenvalue weighted by molar-refractivity contribution is 0.421. The Hall–Kier alpha value is -2.46. The Bertz CT molecular complexity index is 735. The van der Waals surface area contributed by atoms with Crippen molar-refractivity contribution >= 4 is 0 Å². The van der Waals surface area contributed by atoms with Gasteiger partial charge >= 0.3 is 0 Å². The van der Waals surface area contributed by atoms with Gasteiger partial charge in [0.2, 0.25) is 0 Å². The van der Waals surface area contributed by atoms with Gasteiger partial charge in [-0.2, -0.15) is 0 Å². The molecule has 0 aliphatic carbocycles. The molecule has 3 rings (SSSR count). The van der Waals surface area contributed by atoms with E-state index in [2.05, 4.69) is 70.1 Å². The van der Waals surface area contributed by atoms with Crippen molar-refractivity contribution in [2.24, 2.45) is 5.92 Å². The van der Waals surface area contributed by atoms with Crippen LogP contribution in [0.2, 0.25) is 0 Å². The van der Waals surface area contributed by atoms with E-state index in [1.54, 1.807) is 6.20 Å². The van der Waals surface area contributed by atoms with Crippen molar-refractivity contribution in [3.63, 3.8) is 0 Å². The fourth-order valence-electron chi connectivity index (χ4n) is 2.91. The molecule has 1 aromatic carbocycles. The first kappa shape index (κ1) is 16.4. The molecule has 4 nitrogen and oxygen atoms in total. The van der Waals surface area contributed by atoms with E-state index in [0.717, 1.165) is 24.3 Å². The second-order valence-corrected chi connectivity index (χ2v) is 6.42. The first-order valence-corrected chi connectivity index (χ1v) is 8.44. The van der Waals surface area contributed by atoms with Gasteiger partial charge in [-0.1, -0.05) is 38.1 Å². The molecule has 0 saturated carbocycles. The van der Waals surface area contributed by atoms with E-state index in [9.17, 15) is 0 Å². The molecule has 4 heteroatoms. The average molecular weight is 320 g/mol. The number of hydrogen-bond donors (Lipinski definition) is 1. The highest BCUT2D eigenvalue weighted by atomic mass is 15.0. The highest BCUT2D eigenvalue weighted by Gasteiger charge is 2.15. The van der Waals surface area contributed by atoms with Crippen LogP contribution in [0.3, 0.4) is 0 Å². The summed E-state index contributed by atoms with van der Waals surface area (Å²) < 4.78 is 2.05. The molecule has 1 N–H and O–H groups in total. The molecule has 0 radical (unpaired) electrons. The Morgan fingerprint density at radius 1 is 1.04 bits per heavy atom. The van der Waals surface area contributed by atoms with E-state index in [1.807, 2.05) is 24.8 Å². The zero-order valence-corrected chi connectivity index (χ0v) is 14.3. The van der Waals surface area contributed by atoms with Gasteiger partial charge in [-0.05, 0) is 36.1 Å². The summed E-state index contributed by atoms with van der Waals surface area (Å²) in [5.41, 5.74) is 3.51. The van der Waals surface area contributed by atoms with Crippen molar-refractivity contribution in [3.8, 4) is 5.69 Å². The van der Waals surface area contributed by atoms with Gasteiger partial charge in [0, 0.05) is 31.2 Å². The van der Waals surface area contributed by atoms with Gasteiger partial charge in [-0.3, -0.25) is 4.98 Å². The second-order valence-electron chi connectivity index (χ2n) is 6.42. The van der Waals surface area contributed by atoms with Crippen LogP contribution in [0.1, 0.15) is 37.6 Å². The summed E-state index contributed by atoms with van der Waals surface area (Å²) in [7, 11) is 0. The minimum Gasteiger partial charge on any atom is -0.306 e. The van der Waals surface area contributed by atoms with Crippen LogP contribution in [-0.4, -0.2) is 14.5 Å². The summed E-state index contributed by atoms with van der Waals surface area (Å²) in [6, 6.07) is 14.8. The lowest BCUT2D eigenvalue weighted by atomic mass is 10.00. The lowest BCUT2D eigenvalue weighted by Crippen LogP contribution is -2.24. The van der Waals surface area contributed by atoms with Crippen LogP contribution in [0, 0.1) is 5.92 Å². The van der Waals surface area contributed by atoms with Crippen LogP contribution in [0.5, 0.6) is 0 Å². The van der Waals surface area contributed by atoms with Crippen LogP contribution in [0.25, 0.3) is 5.69 Å². The summed E-state index contributed by atoms with van der Waals surface area (Å²) in [4.78, 5) is 8.69. The van der Waals surface area contributed by atoms with E-state index < -0.39 is 0 Å². The summed E-state index contributed by atoms with van der Waals surface area (Å²) in [5.74, 6) is 0.605. The Morgan fingerprint density at radius 3 is 2.58 bits per heavy atom. The number of imidazole rings is 1. The third kappa shape index (κ3) is 4.09. The van der Waals surface area contributed by atoms with Crippen molar-refractivity contribution in [2.45, 2.75) is 32.9 Å². The smallest absolute Gasteiger partial charge is 0.0991 e. The normalized spacial score (nSPS) is 12.5. The fraction of sp³-hybridized carbons (Fsp3) is 0.300. The molecule has 0 aliphatic rings. The van der Waals surface area contributed by atoms with E-state index in [-0.39, 0.29) is 6.04 Å². The number of nitrogens with one attached hydrogen (secondary N) is 1. The van der Waals surface area contributed by atoms with Crippen LogP contribution < -0.4 is 5.32 Å². The SMILES string of the molecule is CC(C)C[C@@H](NCc1ccccc1-n1ccnc1)c1ccccn1. The minimum atomic E-state index is 0.252. The predicted molar refractivity (Wildman–Crippen MR) is 96.8 cm³/mol. The molecule has 0 spiro atoms. The monoisotopic (exact) mass is 320 g/mol. The third-order valence-electron chi connectivity index (χ3n) is 4.07. The van der Waals surface area contributed by atoms with Crippen molar-refractivity contribution < 1.29 is 0 Å². The average Bonchev–Trinajstić information content (AvgIpc) is 3.14. The minimum absolute atomic E-state index is 0.252. The summed E-state index contributed by atoms with van der Waals surface area (Å²) >= 11 is 0. The Morgan fingerprint density at radius 2 is 1.88 bits per heavy atom. The number of nitrogens with zero attached hydrogens (tertiary/aromatic N) is 3. The van der Waals surface area contributed by atoms with E-state index in [0.29, 0.717) is 5.92 Å². The second kappa shape index (κ2) is 7.88. The molecule has 2 heterocycles. The first-order valence-electron chi connectivity index (χ1n) is 8.44. The summed E-state index contributed by atoms with van der Waals surface area (Å²) in [6.07, 6.45) is 8.54. The van der Waals surface area contributed by atoms with Crippen LogP contribution in [0.4, 0.5) is 0 Å². The maximum Gasteiger partial charge on any atom is 0.0991 e. The molecule has 124 valence electrons. The van der Waals surface area contributed by atoms with E-state index in [1.165, 1.54) is 5.56 Å². The van der Waals surface area contributed by atoms with Gasteiger partial charge < -0.3 is 9.88 Å². The molecule has 0 aliphatic heterocycles. The topological polar surface area (TPSA) is 42.7 Å². The fourth-order valence-corrected chi connectivity index (χ4v) is 2.91. The lowest BCUT2D eigenvalue weighted by Gasteiger charge is -2.21. The molecule has 0 unspecified atom stereocenters. The molecule has 3 aromatic rings. The molecular weight excluding hydrogens is 296 g/mol. The molecule has 0 saturated heterocycles. The number of aromatic nitrogens is 3. The van der Waals surface area contributed by atoms with Crippen molar-refractivity contribution in [1.29, 1.82) is 0 Å². The molecule has 0 bridgehead atoms. The van der Waals surface area contributed by atoms with E-state index in [4.69, 9.17) is 0 Å². The number of pyridine rings is 1. The van der Waals surface area contributed by atoms with Crippen molar-refractivity contribution in [1.82, 2.24) is 19.9 Å². The molecule has 24 heavy (non-hydrogen) atoms. The van der Waals surface area contributed by atoms with Gasteiger partial charge in [0.05, 0.1) is 17.7 Å². The predicted octanol–water partition coefficient (Wildman–Crippen LogP) is 4.14. The van der Waals surface area contributed by atoms with Gasteiger partial charge in [0.1, 0.15) is 0 Å². The summed E-state index contributed by atoms with van der Waals surface area (Å²) in [6.45, 7) is 5.29. The molecule has 0 amide bonds. The Balaban J connectivity index is 1.78. The Labute approximate surface area is 143 Å². The molecule has 1 atom stereocenters. The zero-order valence-electron chi connectivity index (χ0n) is 14.3. The number of benzene rings is 1. The number of rotatable bonds is 7. The number of para-hydroxylation sites is 1. The molecule has 2 aromatic heterocycles. The van der Waals surface area contributed by atoms with Gasteiger partial charge in [0.25, 0.3) is 0 Å². The quantitative estimate of drug-likeness (QED) is 0.711. The third-order valence-corrected chi connectivity index (χ3v) is 4.07. The maximum atomic E-state index is 4.54. The standard InChI is InChI=1S/C20H24N4/c1-16(2)13-19(18-8-5-6-10-22-18)23-14-17-7-3-4-9-20(17)24-12-11-21-15-24/h3-12,15-16,19,23H,13-14H2,1-2H3/t19-/m1/s1. The molecule has 0 fully saturated rings. The highest BCUT2D eigenvalue weighted by molar-refractivity contribution is 5.40. The van der Waals surface area contributed by atoms with Crippen molar-refractivity contribution in [2.75, 3.05) is 0 Å². The maximum absolute atomic E-state index is 4.54. The number of hydrogen-bond acceptors (Lipinski definition) is 3. The van der Waals surface area contributed by atoms with E-state index >= 15 is 0 Å². The van der Waals surface area contributed by atoms with Gasteiger partial charge in [0.15, 0.2) is 0 Å². The van der Waals surface area contributed by atoms with Gasteiger partial charge in [-0.15, -0.1) is 0 Å². The van der Waals surface area contributed by atoms with Crippen LogP contribution >= 0.6 is 0 Å². The van der Waals surface area contributed by atoms with Crippen LogP contribution in [0.15, 0.2) is 67.4 Å². The summed E-state index contributed by atoms with van der Waals surface area (Å²) in [5, 5.41) is 3.69.